The minimum absolute atomic E-state index is 1.23. The fraction of sp³-hybridized carbons (Fsp3) is 0.0667. The Morgan fingerprint density at radius 2 is 0.812 bits per heavy atom. The van der Waals surface area contributed by atoms with Crippen LogP contribution in [0.1, 0.15) is 11.1 Å². The molecule has 2 aromatic carbocycles. The maximum absolute atomic E-state index is 2.36. The SMILES string of the molecule is Cc1c(-c2ccccc2)c(-c2c(-c3ccccc3)c(C)c3ccccn23)n2ccccc12. The summed E-state index contributed by atoms with van der Waals surface area (Å²) in [5.41, 5.74) is 12.6. The van der Waals surface area contributed by atoms with Crippen molar-refractivity contribution in [1.82, 2.24) is 8.80 Å². The molecule has 4 heterocycles. The van der Waals surface area contributed by atoms with Gasteiger partial charge in [0, 0.05) is 34.6 Å². The fourth-order valence-electron chi connectivity index (χ4n) is 5.12. The van der Waals surface area contributed by atoms with Crippen LogP contribution in [0.25, 0.3) is 44.7 Å². The molecule has 0 amide bonds. The normalized spacial score (nSPS) is 11.4. The van der Waals surface area contributed by atoms with Crippen molar-refractivity contribution in [2.45, 2.75) is 13.8 Å². The van der Waals surface area contributed by atoms with E-state index in [0.29, 0.717) is 0 Å². The quantitative estimate of drug-likeness (QED) is 0.280. The van der Waals surface area contributed by atoms with E-state index in [2.05, 4.69) is 132 Å². The topological polar surface area (TPSA) is 8.82 Å². The number of hydrogen-bond donors (Lipinski definition) is 0. The van der Waals surface area contributed by atoms with Crippen molar-refractivity contribution in [3.63, 3.8) is 0 Å². The highest BCUT2D eigenvalue weighted by Gasteiger charge is 2.25. The third-order valence-electron chi connectivity index (χ3n) is 6.54. The molecule has 32 heavy (non-hydrogen) atoms. The molecule has 0 radical (unpaired) electrons. The number of aryl methyl sites for hydroxylation is 2. The zero-order chi connectivity index (χ0) is 21.7. The monoisotopic (exact) mass is 412 g/mol. The van der Waals surface area contributed by atoms with Crippen LogP contribution in [0.5, 0.6) is 0 Å². The van der Waals surface area contributed by atoms with Gasteiger partial charge in [0.25, 0.3) is 0 Å². The average Bonchev–Trinajstić information content (AvgIpc) is 3.31. The first-order valence-electron chi connectivity index (χ1n) is 11.1. The van der Waals surface area contributed by atoms with Crippen molar-refractivity contribution >= 4 is 11.0 Å². The Bertz CT molecular complexity index is 1450. The van der Waals surface area contributed by atoms with Crippen LogP contribution in [0.4, 0.5) is 0 Å². The maximum atomic E-state index is 2.36. The van der Waals surface area contributed by atoms with Crippen LogP contribution in [0.3, 0.4) is 0 Å². The minimum atomic E-state index is 1.23. The molecule has 154 valence electrons. The van der Waals surface area contributed by atoms with Crippen molar-refractivity contribution in [1.29, 1.82) is 0 Å². The Morgan fingerprint density at radius 3 is 1.22 bits per heavy atom. The summed E-state index contributed by atoms with van der Waals surface area (Å²) in [5.74, 6) is 0. The van der Waals surface area contributed by atoms with E-state index < -0.39 is 0 Å². The van der Waals surface area contributed by atoms with Crippen LogP contribution in [0, 0.1) is 13.8 Å². The Kier molecular flexibility index (Phi) is 4.26. The van der Waals surface area contributed by atoms with Crippen molar-refractivity contribution < 1.29 is 0 Å². The molecule has 4 aromatic heterocycles. The van der Waals surface area contributed by atoms with Crippen LogP contribution in [0.15, 0.2) is 109 Å². The molecule has 0 bridgehead atoms. The van der Waals surface area contributed by atoms with E-state index in [1.807, 2.05) is 0 Å². The molecule has 0 saturated heterocycles. The number of hydrogen-bond acceptors (Lipinski definition) is 0. The molecule has 6 rings (SSSR count). The van der Waals surface area contributed by atoms with Gasteiger partial charge in [0.15, 0.2) is 0 Å². The second kappa shape index (κ2) is 7.28. The summed E-state index contributed by atoms with van der Waals surface area (Å²) < 4.78 is 4.72. The van der Waals surface area contributed by atoms with Gasteiger partial charge >= 0.3 is 0 Å². The van der Waals surface area contributed by atoms with E-state index in [1.54, 1.807) is 0 Å². The largest absolute Gasteiger partial charge is 0.314 e. The fourth-order valence-corrected chi connectivity index (χ4v) is 5.12. The van der Waals surface area contributed by atoms with Gasteiger partial charge in [0.2, 0.25) is 0 Å². The smallest absolute Gasteiger partial charge is 0.0786 e. The highest BCUT2D eigenvalue weighted by molar-refractivity contribution is 5.98. The average molecular weight is 413 g/mol. The van der Waals surface area contributed by atoms with Gasteiger partial charge in [0.05, 0.1) is 11.4 Å². The van der Waals surface area contributed by atoms with E-state index in [4.69, 9.17) is 0 Å². The number of rotatable bonds is 3. The molecule has 6 aromatic rings. The summed E-state index contributed by atoms with van der Waals surface area (Å²) in [6.07, 6.45) is 4.38. The molecule has 0 spiro atoms. The lowest BCUT2D eigenvalue weighted by Crippen LogP contribution is -1.95. The maximum Gasteiger partial charge on any atom is 0.0786 e. The van der Waals surface area contributed by atoms with E-state index in [9.17, 15) is 0 Å². The van der Waals surface area contributed by atoms with Crippen LogP contribution in [-0.4, -0.2) is 8.80 Å². The summed E-state index contributed by atoms with van der Waals surface area (Å²) in [6, 6.07) is 34.5. The number of nitrogens with zero attached hydrogens (tertiary/aromatic N) is 2. The Balaban J connectivity index is 1.84. The van der Waals surface area contributed by atoms with Gasteiger partial charge in [-0.2, -0.15) is 0 Å². The van der Waals surface area contributed by atoms with Gasteiger partial charge in [-0.25, -0.2) is 0 Å². The Morgan fingerprint density at radius 1 is 0.438 bits per heavy atom. The molecular weight excluding hydrogens is 388 g/mol. The lowest BCUT2D eigenvalue weighted by molar-refractivity contribution is 1.14. The summed E-state index contributed by atoms with van der Waals surface area (Å²) in [6.45, 7) is 4.48. The van der Waals surface area contributed by atoms with E-state index >= 15 is 0 Å². The summed E-state index contributed by atoms with van der Waals surface area (Å²) >= 11 is 0. The number of fused-ring (bicyclic) bond motifs is 2. The molecule has 0 fully saturated rings. The first-order chi connectivity index (χ1) is 15.8. The molecule has 0 aliphatic heterocycles. The van der Waals surface area contributed by atoms with Gasteiger partial charge in [0.1, 0.15) is 0 Å². The van der Waals surface area contributed by atoms with Gasteiger partial charge < -0.3 is 8.80 Å². The Labute approximate surface area is 188 Å². The predicted octanol–water partition coefficient (Wildman–Crippen LogP) is 7.81. The summed E-state index contributed by atoms with van der Waals surface area (Å²) in [5, 5.41) is 0. The molecule has 0 aliphatic carbocycles. The van der Waals surface area contributed by atoms with E-state index in [1.165, 1.54) is 55.8 Å². The number of pyridine rings is 2. The first-order valence-corrected chi connectivity index (χ1v) is 11.1. The van der Waals surface area contributed by atoms with Gasteiger partial charge in [-0.05, 0) is 60.4 Å². The van der Waals surface area contributed by atoms with Crippen molar-refractivity contribution in [2.75, 3.05) is 0 Å². The lowest BCUT2D eigenvalue weighted by Gasteiger charge is -2.12. The molecule has 0 N–H and O–H groups in total. The van der Waals surface area contributed by atoms with Crippen LogP contribution < -0.4 is 0 Å². The number of aromatic nitrogens is 2. The third kappa shape index (κ3) is 2.66. The molecule has 2 heteroatoms. The highest BCUT2D eigenvalue weighted by atomic mass is 15.0. The zero-order valence-electron chi connectivity index (χ0n) is 18.3. The minimum Gasteiger partial charge on any atom is -0.314 e. The molecular formula is C30H24N2. The van der Waals surface area contributed by atoms with Gasteiger partial charge in [-0.3, -0.25) is 0 Å². The molecule has 0 unspecified atom stereocenters. The van der Waals surface area contributed by atoms with Crippen molar-refractivity contribution in [3.05, 3.63) is 121 Å². The molecule has 0 aliphatic rings. The van der Waals surface area contributed by atoms with Gasteiger partial charge in [-0.15, -0.1) is 0 Å². The third-order valence-corrected chi connectivity index (χ3v) is 6.54. The molecule has 0 saturated carbocycles. The molecule has 2 nitrogen and oxygen atoms in total. The van der Waals surface area contributed by atoms with E-state index in [0.717, 1.165) is 0 Å². The summed E-state index contributed by atoms with van der Waals surface area (Å²) in [4.78, 5) is 0. The second-order valence-electron chi connectivity index (χ2n) is 8.34. The molecule has 0 atom stereocenters. The van der Waals surface area contributed by atoms with Gasteiger partial charge in [-0.1, -0.05) is 72.8 Å². The van der Waals surface area contributed by atoms with Crippen LogP contribution >= 0.6 is 0 Å². The van der Waals surface area contributed by atoms with Crippen LogP contribution in [0.2, 0.25) is 0 Å². The lowest BCUT2D eigenvalue weighted by atomic mass is 9.95. The predicted molar refractivity (Wildman–Crippen MR) is 134 cm³/mol. The number of benzene rings is 2. The van der Waals surface area contributed by atoms with Crippen molar-refractivity contribution in [3.8, 4) is 33.6 Å². The Hall–Kier alpha value is -4.04. The van der Waals surface area contributed by atoms with Crippen LogP contribution in [-0.2, 0) is 0 Å². The highest BCUT2D eigenvalue weighted by Crippen LogP contribution is 2.45. The summed E-state index contributed by atoms with van der Waals surface area (Å²) in [7, 11) is 0. The standard InChI is InChI=1S/C30H24N2/c1-21-25-17-9-11-19-31(25)29(27(21)23-13-5-3-6-14-23)30-28(24-15-7-4-8-16-24)22(2)26-18-10-12-20-32(26)30/h3-20H,1-2H3. The van der Waals surface area contributed by atoms with Crippen molar-refractivity contribution in [2.24, 2.45) is 0 Å². The first kappa shape index (κ1) is 18.7. The van der Waals surface area contributed by atoms with E-state index in [-0.39, 0.29) is 0 Å². The second-order valence-corrected chi connectivity index (χ2v) is 8.34. The zero-order valence-corrected chi connectivity index (χ0v) is 18.3.